The van der Waals surface area contributed by atoms with Gasteiger partial charge in [-0.3, -0.25) is 19.3 Å². The highest BCUT2D eigenvalue weighted by Gasteiger charge is 2.38. The van der Waals surface area contributed by atoms with Crippen LogP contribution in [-0.2, 0) is 27.3 Å². The van der Waals surface area contributed by atoms with E-state index in [9.17, 15) is 14.4 Å². The molecular formula is C37H36N4O3. The van der Waals surface area contributed by atoms with Gasteiger partial charge in [-0.25, -0.2) is 4.90 Å². The third-order valence-electron chi connectivity index (χ3n) is 8.12. The summed E-state index contributed by atoms with van der Waals surface area (Å²) in [4.78, 5) is 43.3. The Bertz CT molecular complexity index is 1690. The minimum Gasteiger partial charge on any atom is -0.354 e. The van der Waals surface area contributed by atoms with Gasteiger partial charge >= 0.3 is 0 Å². The molecule has 0 saturated carbocycles. The van der Waals surface area contributed by atoms with Crippen molar-refractivity contribution >= 4 is 46.1 Å². The molecular weight excluding hydrogens is 548 g/mol. The van der Waals surface area contributed by atoms with E-state index in [2.05, 4.69) is 27.7 Å². The van der Waals surface area contributed by atoms with Crippen LogP contribution in [0.25, 0.3) is 11.3 Å². The summed E-state index contributed by atoms with van der Waals surface area (Å²) in [6, 6.07) is 32.7. The zero-order valence-electron chi connectivity index (χ0n) is 24.9. The Kier molecular flexibility index (Phi) is 8.66. The Hall–Kier alpha value is -5.01. The number of hydrogen-bond acceptors (Lipinski definition) is 5. The minimum atomic E-state index is -0.409. The van der Waals surface area contributed by atoms with Crippen LogP contribution in [0.5, 0.6) is 0 Å². The zero-order valence-corrected chi connectivity index (χ0v) is 24.9. The average molecular weight is 585 g/mol. The summed E-state index contributed by atoms with van der Waals surface area (Å²) in [5, 5.41) is 6.48. The van der Waals surface area contributed by atoms with Gasteiger partial charge in [-0.05, 0) is 73.0 Å². The second-order valence-electron chi connectivity index (χ2n) is 11.4. The zero-order chi connectivity index (χ0) is 30.5. The Morgan fingerprint density at radius 3 is 2.07 bits per heavy atom. The van der Waals surface area contributed by atoms with Crippen LogP contribution >= 0.6 is 0 Å². The molecule has 2 aliphatic rings. The number of amides is 3. The predicted molar refractivity (Wildman–Crippen MR) is 176 cm³/mol. The van der Waals surface area contributed by atoms with E-state index in [0.29, 0.717) is 28.2 Å². The number of benzene rings is 4. The maximum Gasteiger partial charge on any atom is 0.267 e. The van der Waals surface area contributed by atoms with Gasteiger partial charge < -0.3 is 10.6 Å². The van der Waals surface area contributed by atoms with Crippen molar-refractivity contribution in [1.82, 2.24) is 4.90 Å². The van der Waals surface area contributed by atoms with E-state index in [0.717, 1.165) is 36.4 Å². The molecule has 0 aromatic heterocycles. The number of hydrogen-bond donors (Lipinski definition) is 2. The Morgan fingerprint density at radius 2 is 1.39 bits per heavy atom. The molecule has 0 atom stereocenters. The molecule has 4 aromatic carbocycles. The first-order valence-electron chi connectivity index (χ1n) is 15.2. The van der Waals surface area contributed by atoms with Crippen molar-refractivity contribution < 1.29 is 14.4 Å². The Labute approximate surface area is 258 Å². The van der Waals surface area contributed by atoms with Crippen LogP contribution in [0.15, 0.2) is 103 Å². The van der Waals surface area contributed by atoms with Crippen molar-refractivity contribution in [1.29, 1.82) is 0 Å². The number of imide groups is 1. The van der Waals surface area contributed by atoms with E-state index >= 15 is 0 Å². The number of nitrogens with zero attached hydrogens (tertiary/aromatic N) is 2. The van der Waals surface area contributed by atoms with E-state index < -0.39 is 5.91 Å². The van der Waals surface area contributed by atoms with Gasteiger partial charge in [0.25, 0.3) is 5.91 Å². The monoisotopic (exact) mass is 584 g/mol. The summed E-state index contributed by atoms with van der Waals surface area (Å²) in [5.74, 6) is -0.949. The highest BCUT2D eigenvalue weighted by atomic mass is 16.2. The second-order valence-corrected chi connectivity index (χ2v) is 11.4. The largest absolute Gasteiger partial charge is 0.354 e. The molecule has 7 nitrogen and oxygen atoms in total. The van der Waals surface area contributed by atoms with Crippen molar-refractivity contribution in [3.05, 3.63) is 125 Å². The van der Waals surface area contributed by atoms with Crippen LogP contribution in [0.4, 0.5) is 17.1 Å². The quantitative estimate of drug-likeness (QED) is 0.225. The average Bonchev–Trinajstić information content (AvgIpc) is 3.33. The lowest BCUT2D eigenvalue weighted by Crippen LogP contribution is -2.31. The Morgan fingerprint density at radius 1 is 0.727 bits per heavy atom. The van der Waals surface area contributed by atoms with Crippen LogP contribution in [0.3, 0.4) is 0 Å². The second kappa shape index (κ2) is 13.1. The molecule has 2 heterocycles. The first-order valence-corrected chi connectivity index (χ1v) is 15.2. The molecule has 44 heavy (non-hydrogen) atoms. The normalized spacial score (nSPS) is 15.9. The van der Waals surface area contributed by atoms with Crippen molar-refractivity contribution in [2.75, 3.05) is 28.6 Å². The van der Waals surface area contributed by atoms with Crippen molar-refractivity contribution in [2.24, 2.45) is 0 Å². The van der Waals surface area contributed by atoms with Gasteiger partial charge in [-0.2, -0.15) is 0 Å². The topological polar surface area (TPSA) is 81.8 Å². The molecule has 1 saturated heterocycles. The molecule has 2 N–H and O–H groups in total. The first-order chi connectivity index (χ1) is 21.5. The van der Waals surface area contributed by atoms with Gasteiger partial charge in [-0.1, -0.05) is 79.2 Å². The number of piperidine rings is 1. The highest BCUT2D eigenvalue weighted by Crippen LogP contribution is 2.42. The fourth-order valence-electron chi connectivity index (χ4n) is 5.98. The molecule has 0 radical (unpaired) electrons. The molecule has 0 bridgehead atoms. The molecule has 1 fully saturated rings. The van der Waals surface area contributed by atoms with Crippen LogP contribution in [0.2, 0.25) is 0 Å². The van der Waals surface area contributed by atoms with Crippen LogP contribution in [0.1, 0.15) is 48.4 Å². The molecule has 4 aromatic rings. The number of nitrogens with one attached hydrogen (secondary N) is 2. The van der Waals surface area contributed by atoms with Crippen LogP contribution in [-0.4, -0.2) is 35.7 Å². The molecule has 2 aliphatic heterocycles. The number of anilines is 3. The lowest BCUT2D eigenvalue weighted by atomic mass is 9.99. The summed E-state index contributed by atoms with van der Waals surface area (Å²) in [5.41, 5.74) is 6.38. The maximum atomic E-state index is 14.0. The van der Waals surface area contributed by atoms with E-state index in [1.807, 2.05) is 72.8 Å². The van der Waals surface area contributed by atoms with Crippen molar-refractivity contribution in [2.45, 2.75) is 39.2 Å². The molecule has 0 spiro atoms. The SMILES string of the molecule is CC(=O)N1C(=O)C(=C(Nc2ccc(CN3CCCCC3)cc2)c2ccccc2)c2cc(NC(=O)Cc3ccccc3)ccc21. The smallest absolute Gasteiger partial charge is 0.267 e. The maximum absolute atomic E-state index is 14.0. The molecule has 3 amide bonds. The number of fused-ring (bicyclic) bond motifs is 1. The Balaban J connectivity index is 1.35. The van der Waals surface area contributed by atoms with Crippen LogP contribution < -0.4 is 15.5 Å². The summed E-state index contributed by atoms with van der Waals surface area (Å²) in [6.45, 7) is 4.57. The van der Waals surface area contributed by atoms with E-state index in [1.54, 1.807) is 18.2 Å². The van der Waals surface area contributed by atoms with Crippen molar-refractivity contribution in [3.63, 3.8) is 0 Å². The first kappa shape index (κ1) is 29.1. The number of rotatable bonds is 8. The molecule has 0 unspecified atom stereocenters. The van der Waals surface area contributed by atoms with Gasteiger partial charge in [0, 0.05) is 30.4 Å². The molecule has 0 aliphatic carbocycles. The minimum absolute atomic E-state index is 0.166. The van der Waals surface area contributed by atoms with E-state index in [4.69, 9.17) is 0 Å². The van der Waals surface area contributed by atoms with Gasteiger partial charge in [0.2, 0.25) is 11.8 Å². The van der Waals surface area contributed by atoms with E-state index in [-0.39, 0.29) is 18.2 Å². The standard InChI is InChI=1S/C37H36N4O3/c1-26(42)41-33-20-19-31(38-34(43)23-27-11-5-2-6-12-27)24-32(33)35(37(41)44)36(29-13-7-3-8-14-29)39-30-17-15-28(16-18-30)25-40-21-9-4-10-22-40/h2-3,5-8,11-20,24,39H,4,9-10,21-23,25H2,1H3,(H,38,43). The number of carbonyl (C=O) groups excluding carboxylic acids is 3. The molecule has 6 rings (SSSR count). The van der Waals surface area contributed by atoms with Crippen LogP contribution in [0, 0.1) is 0 Å². The van der Waals surface area contributed by atoms with E-state index in [1.165, 1.54) is 36.6 Å². The third kappa shape index (κ3) is 6.48. The van der Waals surface area contributed by atoms with Gasteiger partial charge in [0.15, 0.2) is 0 Å². The lowest BCUT2D eigenvalue weighted by Gasteiger charge is -2.26. The summed E-state index contributed by atoms with van der Waals surface area (Å²) in [7, 11) is 0. The third-order valence-corrected chi connectivity index (χ3v) is 8.12. The number of likely N-dealkylation sites (tertiary alicyclic amines) is 1. The van der Waals surface area contributed by atoms with Gasteiger partial charge in [0.1, 0.15) is 0 Å². The predicted octanol–water partition coefficient (Wildman–Crippen LogP) is 6.73. The lowest BCUT2D eigenvalue weighted by molar-refractivity contribution is -0.122. The van der Waals surface area contributed by atoms with Gasteiger partial charge in [-0.15, -0.1) is 0 Å². The van der Waals surface area contributed by atoms with Gasteiger partial charge in [0.05, 0.1) is 23.4 Å². The molecule has 222 valence electrons. The summed E-state index contributed by atoms with van der Waals surface area (Å²) >= 11 is 0. The summed E-state index contributed by atoms with van der Waals surface area (Å²) in [6.07, 6.45) is 4.03. The number of carbonyl (C=O) groups is 3. The van der Waals surface area contributed by atoms with Crippen molar-refractivity contribution in [3.8, 4) is 0 Å². The molecule has 7 heteroatoms. The fourth-order valence-corrected chi connectivity index (χ4v) is 5.98. The highest BCUT2D eigenvalue weighted by molar-refractivity contribution is 6.44. The fraction of sp³-hybridized carbons (Fsp3) is 0.216. The summed E-state index contributed by atoms with van der Waals surface area (Å²) < 4.78 is 0.